The van der Waals surface area contributed by atoms with Crippen LogP contribution in [0.3, 0.4) is 0 Å². The summed E-state index contributed by atoms with van der Waals surface area (Å²) in [4.78, 5) is 11.4. The molecule has 5 heteroatoms. The van der Waals surface area contributed by atoms with Gasteiger partial charge in [-0.25, -0.2) is 5.43 Å². The number of rotatable bonds is 4. The van der Waals surface area contributed by atoms with E-state index in [0.717, 1.165) is 0 Å². The van der Waals surface area contributed by atoms with Crippen LogP contribution in [0.5, 0.6) is 11.5 Å². The number of hydrogen-bond donors (Lipinski definition) is 2. The number of para-hydroxylation sites is 1. The Hall–Kier alpha value is -2.30. The highest BCUT2D eigenvalue weighted by atomic mass is 16.5. The number of carbonyl (C=O) groups is 1. The zero-order valence-electron chi connectivity index (χ0n) is 10.6. The lowest BCUT2D eigenvalue weighted by Gasteiger charge is -2.04. The predicted molar refractivity (Wildman–Crippen MR) is 69.8 cm³/mol. The van der Waals surface area contributed by atoms with Crippen LogP contribution in [0.1, 0.15) is 19.4 Å². The van der Waals surface area contributed by atoms with Crippen LogP contribution in [-0.4, -0.2) is 24.3 Å². The van der Waals surface area contributed by atoms with E-state index in [2.05, 4.69) is 10.5 Å². The van der Waals surface area contributed by atoms with Crippen LogP contribution < -0.4 is 10.2 Å². The van der Waals surface area contributed by atoms with Gasteiger partial charge in [-0.15, -0.1) is 0 Å². The first-order chi connectivity index (χ1) is 8.60. The normalized spacial score (nSPS) is 11.6. The number of allylic oxidation sites excluding steroid dienone is 1. The summed E-state index contributed by atoms with van der Waals surface area (Å²) in [5.74, 6) is 0.0619. The quantitative estimate of drug-likeness (QED) is 0.485. The molecule has 0 unspecified atom stereocenters. The van der Waals surface area contributed by atoms with Crippen LogP contribution in [0, 0.1) is 0 Å². The van der Waals surface area contributed by atoms with Gasteiger partial charge in [0, 0.05) is 11.1 Å². The van der Waals surface area contributed by atoms with Gasteiger partial charge in [-0.3, -0.25) is 4.79 Å². The summed E-state index contributed by atoms with van der Waals surface area (Å²) in [7, 11) is 1.47. The number of benzene rings is 1. The van der Waals surface area contributed by atoms with Crippen molar-refractivity contribution >= 4 is 12.1 Å². The van der Waals surface area contributed by atoms with Gasteiger partial charge in [0.05, 0.1) is 13.3 Å². The Morgan fingerprint density at radius 3 is 2.83 bits per heavy atom. The van der Waals surface area contributed by atoms with E-state index in [0.29, 0.717) is 16.9 Å². The van der Waals surface area contributed by atoms with E-state index in [1.54, 1.807) is 38.1 Å². The van der Waals surface area contributed by atoms with E-state index in [1.807, 2.05) is 0 Å². The van der Waals surface area contributed by atoms with Gasteiger partial charge in [-0.1, -0.05) is 12.1 Å². The molecule has 0 saturated heterocycles. The topological polar surface area (TPSA) is 70.9 Å². The summed E-state index contributed by atoms with van der Waals surface area (Å²) in [6, 6.07) is 5.02. The lowest BCUT2D eigenvalue weighted by Crippen LogP contribution is -2.18. The molecule has 0 heterocycles. The van der Waals surface area contributed by atoms with Crippen LogP contribution in [0.4, 0.5) is 0 Å². The van der Waals surface area contributed by atoms with Crippen LogP contribution >= 0.6 is 0 Å². The number of phenols is 1. The summed E-state index contributed by atoms with van der Waals surface area (Å²) < 4.78 is 4.96. The molecule has 0 aliphatic rings. The molecule has 1 rings (SSSR count). The summed E-state index contributed by atoms with van der Waals surface area (Å²) in [5.41, 5.74) is 3.39. The Morgan fingerprint density at radius 1 is 1.50 bits per heavy atom. The Morgan fingerprint density at radius 2 is 2.22 bits per heavy atom. The van der Waals surface area contributed by atoms with Gasteiger partial charge in [0.25, 0.3) is 5.91 Å². The third-order valence-electron chi connectivity index (χ3n) is 2.41. The molecule has 2 N–H and O–H groups in total. The maximum Gasteiger partial charge on any atom is 0.266 e. The highest BCUT2D eigenvalue weighted by Crippen LogP contribution is 2.27. The standard InChI is InChI=1S/C13H16N2O3/c1-4-9(2)13(17)15-14-8-10-6-5-7-11(18-3)12(10)16/h4-8,16H,1-3H3,(H,15,17)/b9-4-,14-8+. The number of hydrogen-bond acceptors (Lipinski definition) is 4. The molecule has 0 saturated carbocycles. The predicted octanol–water partition coefficient (Wildman–Crippen LogP) is 1.82. The molecule has 0 radical (unpaired) electrons. The van der Waals surface area contributed by atoms with Crippen molar-refractivity contribution in [3.63, 3.8) is 0 Å². The van der Waals surface area contributed by atoms with Gasteiger partial charge in [-0.2, -0.15) is 5.10 Å². The van der Waals surface area contributed by atoms with Gasteiger partial charge < -0.3 is 9.84 Å². The number of amides is 1. The molecule has 0 bridgehead atoms. The molecule has 18 heavy (non-hydrogen) atoms. The summed E-state index contributed by atoms with van der Waals surface area (Å²) >= 11 is 0. The molecule has 5 nitrogen and oxygen atoms in total. The van der Waals surface area contributed by atoms with Crippen molar-refractivity contribution in [2.45, 2.75) is 13.8 Å². The molecule has 0 spiro atoms. The average Bonchev–Trinajstić information content (AvgIpc) is 2.39. The zero-order valence-corrected chi connectivity index (χ0v) is 10.6. The van der Waals surface area contributed by atoms with Crippen molar-refractivity contribution in [3.05, 3.63) is 35.4 Å². The lowest BCUT2D eigenvalue weighted by molar-refractivity contribution is -0.117. The van der Waals surface area contributed by atoms with Gasteiger partial charge in [0.15, 0.2) is 11.5 Å². The number of nitrogens with one attached hydrogen (secondary N) is 1. The second-order valence-electron chi connectivity index (χ2n) is 3.57. The molecule has 1 aromatic carbocycles. The molecule has 0 aromatic heterocycles. The van der Waals surface area contributed by atoms with Gasteiger partial charge in [0.1, 0.15) is 0 Å². The first-order valence-corrected chi connectivity index (χ1v) is 5.42. The van der Waals surface area contributed by atoms with E-state index in [-0.39, 0.29) is 11.7 Å². The van der Waals surface area contributed by atoms with Crippen LogP contribution in [-0.2, 0) is 4.79 Å². The number of hydrazone groups is 1. The van der Waals surface area contributed by atoms with Crippen molar-refractivity contribution in [2.75, 3.05) is 7.11 Å². The van der Waals surface area contributed by atoms with Gasteiger partial charge >= 0.3 is 0 Å². The first-order valence-electron chi connectivity index (χ1n) is 5.42. The molecule has 0 fully saturated rings. The van der Waals surface area contributed by atoms with E-state index >= 15 is 0 Å². The molecule has 1 amide bonds. The third kappa shape index (κ3) is 3.35. The van der Waals surface area contributed by atoms with Crippen molar-refractivity contribution in [1.29, 1.82) is 0 Å². The minimum atomic E-state index is -0.281. The van der Waals surface area contributed by atoms with Crippen molar-refractivity contribution < 1.29 is 14.6 Å². The second-order valence-corrected chi connectivity index (χ2v) is 3.57. The fourth-order valence-electron chi connectivity index (χ4n) is 1.19. The van der Waals surface area contributed by atoms with Crippen LogP contribution in [0.15, 0.2) is 34.9 Å². The Balaban J connectivity index is 2.77. The highest BCUT2D eigenvalue weighted by molar-refractivity contribution is 5.93. The Bertz CT molecular complexity index is 493. The summed E-state index contributed by atoms with van der Waals surface area (Å²) in [6.07, 6.45) is 3.05. The van der Waals surface area contributed by atoms with Gasteiger partial charge in [0.2, 0.25) is 0 Å². The van der Waals surface area contributed by atoms with E-state index in [1.165, 1.54) is 13.3 Å². The second kappa shape index (κ2) is 6.44. The maximum atomic E-state index is 11.4. The summed E-state index contributed by atoms with van der Waals surface area (Å²) in [5, 5.41) is 13.5. The first kappa shape index (κ1) is 13.8. The fraction of sp³-hybridized carbons (Fsp3) is 0.231. The molecule has 0 aliphatic carbocycles. The fourth-order valence-corrected chi connectivity index (χ4v) is 1.19. The van der Waals surface area contributed by atoms with Crippen molar-refractivity contribution in [3.8, 4) is 11.5 Å². The van der Waals surface area contributed by atoms with Crippen LogP contribution in [0.25, 0.3) is 0 Å². The smallest absolute Gasteiger partial charge is 0.266 e. The molecule has 1 aromatic rings. The Labute approximate surface area is 106 Å². The van der Waals surface area contributed by atoms with Crippen molar-refractivity contribution in [2.24, 2.45) is 5.10 Å². The van der Waals surface area contributed by atoms with E-state index in [9.17, 15) is 9.90 Å². The van der Waals surface area contributed by atoms with E-state index in [4.69, 9.17) is 4.74 Å². The SMILES string of the molecule is C/C=C(/C)C(=O)N/N=C/c1cccc(OC)c1O. The monoisotopic (exact) mass is 248 g/mol. The number of methoxy groups -OCH3 is 1. The molecular formula is C13H16N2O3. The van der Waals surface area contributed by atoms with Crippen molar-refractivity contribution in [1.82, 2.24) is 5.43 Å². The average molecular weight is 248 g/mol. The van der Waals surface area contributed by atoms with E-state index < -0.39 is 0 Å². The maximum absolute atomic E-state index is 11.4. The number of ether oxygens (including phenoxy) is 1. The number of phenolic OH excluding ortho intramolecular Hbond substituents is 1. The molecule has 96 valence electrons. The zero-order chi connectivity index (χ0) is 13.5. The minimum Gasteiger partial charge on any atom is -0.504 e. The Kier molecular flexibility index (Phi) is 4.92. The highest BCUT2D eigenvalue weighted by Gasteiger charge is 2.05. The number of carbonyl (C=O) groups excluding carboxylic acids is 1. The third-order valence-corrected chi connectivity index (χ3v) is 2.41. The summed E-state index contributed by atoms with van der Waals surface area (Å²) in [6.45, 7) is 3.46. The molecular weight excluding hydrogens is 232 g/mol. The largest absolute Gasteiger partial charge is 0.504 e. The van der Waals surface area contributed by atoms with Gasteiger partial charge in [-0.05, 0) is 26.0 Å². The number of nitrogens with zero attached hydrogens (tertiary/aromatic N) is 1. The lowest BCUT2D eigenvalue weighted by atomic mass is 10.2. The van der Waals surface area contributed by atoms with Crippen LogP contribution in [0.2, 0.25) is 0 Å². The number of aromatic hydroxyl groups is 1. The minimum absolute atomic E-state index is 0.0132. The molecule has 0 atom stereocenters. The molecule has 0 aliphatic heterocycles.